The van der Waals surface area contributed by atoms with E-state index in [9.17, 15) is 10.1 Å². The normalized spacial score (nSPS) is 17.4. The highest BCUT2D eigenvalue weighted by Crippen LogP contribution is 2.39. The van der Waals surface area contributed by atoms with Crippen molar-refractivity contribution in [3.05, 3.63) is 52.6 Å². The maximum Gasteiger partial charge on any atom is 0.338 e. The molecule has 0 saturated heterocycles. The standard InChI is InChI=1S/C17H18N2O4/c1-4-22-17(20)14-10(2)23-16(19)13(9-18)15(14)11-5-7-12(21-3)8-6-11/h5-8,15H,4,19H2,1-3H3/t15-/m0/s1. The molecule has 1 heterocycles. The SMILES string of the molecule is CCOC(=O)C1=C(C)OC(N)=C(C#N)[C@@H]1c1ccc(OC)cc1. The molecule has 1 aliphatic rings. The van der Waals surface area contributed by atoms with Crippen molar-refractivity contribution in [1.82, 2.24) is 0 Å². The molecule has 1 atom stereocenters. The number of nitriles is 1. The quantitative estimate of drug-likeness (QED) is 0.857. The summed E-state index contributed by atoms with van der Waals surface area (Å²) in [5, 5.41) is 9.44. The minimum atomic E-state index is -0.626. The Morgan fingerprint density at radius 2 is 2.04 bits per heavy atom. The first kappa shape index (κ1) is 16.4. The maximum absolute atomic E-state index is 12.3. The summed E-state index contributed by atoms with van der Waals surface area (Å²) in [6.07, 6.45) is 0. The predicted molar refractivity (Wildman–Crippen MR) is 83.0 cm³/mol. The molecule has 120 valence electrons. The van der Waals surface area contributed by atoms with Crippen molar-refractivity contribution in [2.45, 2.75) is 19.8 Å². The van der Waals surface area contributed by atoms with Crippen LogP contribution in [0.15, 0.2) is 47.1 Å². The third kappa shape index (κ3) is 3.14. The van der Waals surface area contributed by atoms with Gasteiger partial charge in [-0.15, -0.1) is 0 Å². The van der Waals surface area contributed by atoms with Crippen LogP contribution in [-0.4, -0.2) is 19.7 Å². The lowest BCUT2D eigenvalue weighted by Gasteiger charge is -2.26. The van der Waals surface area contributed by atoms with Crippen LogP contribution in [0, 0.1) is 11.3 Å². The third-order valence-corrected chi connectivity index (χ3v) is 3.55. The lowest BCUT2D eigenvalue weighted by molar-refractivity contribution is -0.139. The van der Waals surface area contributed by atoms with E-state index in [1.165, 1.54) is 0 Å². The highest BCUT2D eigenvalue weighted by Gasteiger charge is 2.36. The summed E-state index contributed by atoms with van der Waals surface area (Å²) in [4.78, 5) is 12.3. The van der Waals surface area contributed by atoms with Crippen LogP contribution in [0.2, 0.25) is 0 Å². The molecular formula is C17H18N2O4. The highest BCUT2D eigenvalue weighted by molar-refractivity contribution is 5.92. The Bertz CT molecular complexity index is 711. The fourth-order valence-electron chi connectivity index (χ4n) is 2.48. The zero-order chi connectivity index (χ0) is 17.0. The van der Waals surface area contributed by atoms with Gasteiger partial charge >= 0.3 is 5.97 Å². The smallest absolute Gasteiger partial charge is 0.338 e. The Morgan fingerprint density at radius 3 is 2.57 bits per heavy atom. The van der Waals surface area contributed by atoms with E-state index in [1.54, 1.807) is 45.2 Å². The van der Waals surface area contributed by atoms with Crippen LogP contribution in [0.1, 0.15) is 25.3 Å². The summed E-state index contributed by atoms with van der Waals surface area (Å²) in [6.45, 7) is 3.57. The second-order valence-corrected chi connectivity index (χ2v) is 4.89. The molecule has 0 spiro atoms. The second kappa shape index (κ2) is 6.88. The first-order valence-electron chi connectivity index (χ1n) is 7.12. The van der Waals surface area contributed by atoms with E-state index in [-0.39, 0.29) is 23.6 Å². The molecule has 0 fully saturated rings. The molecule has 2 rings (SSSR count). The van der Waals surface area contributed by atoms with Gasteiger partial charge in [-0.05, 0) is 31.5 Å². The molecule has 0 aromatic heterocycles. The van der Waals surface area contributed by atoms with Gasteiger partial charge in [-0.3, -0.25) is 0 Å². The van der Waals surface area contributed by atoms with Crippen LogP contribution in [0.3, 0.4) is 0 Å². The van der Waals surface area contributed by atoms with Crippen LogP contribution in [0.25, 0.3) is 0 Å². The van der Waals surface area contributed by atoms with Crippen LogP contribution >= 0.6 is 0 Å². The van der Waals surface area contributed by atoms with Crippen molar-refractivity contribution < 1.29 is 19.0 Å². The van der Waals surface area contributed by atoms with Gasteiger partial charge in [-0.2, -0.15) is 5.26 Å². The molecule has 0 amide bonds. The Kier molecular flexibility index (Phi) is 4.91. The van der Waals surface area contributed by atoms with E-state index >= 15 is 0 Å². The van der Waals surface area contributed by atoms with E-state index in [2.05, 4.69) is 0 Å². The second-order valence-electron chi connectivity index (χ2n) is 4.89. The Balaban J connectivity index is 2.56. The average Bonchev–Trinajstić information content (AvgIpc) is 2.54. The molecule has 23 heavy (non-hydrogen) atoms. The lowest BCUT2D eigenvalue weighted by atomic mass is 9.83. The van der Waals surface area contributed by atoms with E-state index in [1.807, 2.05) is 6.07 Å². The number of hydrogen-bond donors (Lipinski definition) is 1. The third-order valence-electron chi connectivity index (χ3n) is 3.55. The fourth-order valence-corrected chi connectivity index (χ4v) is 2.48. The molecule has 1 aromatic carbocycles. The van der Waals surface area contributed by atoms with Crippen LogP contribution < -0.4 is 10.5 Å². The van der Waals surface area contributed by atoms with Crippen molar-refractivity contribution in [2.24, 2.45) is 5.73 Å². The van der Waals surface area contributed by atoms with Crippen molar-refractivity contribution in [1.29, 1.82) is 5.26 Å². The summed E-state index contributed by atoms with van der Waals surface area (Å²) in [7, 11) is 1.57. The van der Waals surface area contributed by atoms with Crippen LogP contribution in [-0.2, 0) is 14.3 Å². The van der Waals surface area contributed by atoms with Gasteiger partial charge in [0.25, 0.3) is 0 Å². The van der Waals surface area contributed by atoms with E-state index in [4.69, 9.17) is 19.9 Å². The molecule has 0 radical (unpaired) electrons. The molecule has 1 aliphatic heterocycles. The molecule has 0 saturated carbocycles. The number of nitrogens with zero attached hydrogens (tertiary/aromatic N) is 1. The van der Waals surface area contributed by atoms with Gasteiger partial charge in [-0.25, -0.2) is 4.79 Å². The average molecular weight is 314 g/mol. The van der Waals surface area contributed by atoms with Gasteiger partial charge in [0, 0.05) is 0 Å². The van der Waals surface area contributed by atoms with Crippen molar-refractivity contribution >= 4 is 5.97 Å². The first-order valence-corrected chi connectivity index (χ1v) is 7.12. The summed E-state index contributed by atoms with van der Waals surface area (Å²) in [5.41, 5.74) is 7.02. The predicted octanol–water partition coefficient (Wildman–Crippen LogP) is 2.34. The first-order chi connectivity index (χ1) is 11.0. The minimum absolute atomic E-state index is 0.00105. The summed E-state index contributed by atoms with van der Waals surface area (Å²) in [5.74, 6) is -0.140. The zero-order valence-electron chi connectivity index (χ0n) is 13.3. The highest BCUT2D eigenvalue weighted by atomic mass is 16.5. The van der Waals surface area contributed by atoms with Gasteiger partial charge in [0.05, 0.1) is 25.2 Å². The fraction of sp³-hybridized carbons (Fsp3) is 0.294. The Morgan fingerprint density at radius 1 is 1.39 bits per heavy atom. The Hall–Kier alpha value is -2.94. The van der Waals surface area contributed by atoms with Crippen molar-refractivity contribution in [3.63, 3.8) is 0 Å². The molecule has 0 bridgehead atoms. The number of esters is 1. The van der Waals surface area contributed by atoms with E-state index in [0.717, 1.165) is 5.56 Å². The number of ether oxygens (including phenoxy) is 3. The number of allylic oxidation sites excluding steroid dienone is 2. The number of hydrogen-bond acceptors (Lipinski definition) is 6. The molecule has 0 aliphatic carbocycles. The van der Waals surface area contributed by atoms with Gasteiger partial charge < -0.3 is 19.9 Å². The number of carbonyl (C=O) groups is 1. The minimum Gasteiger partial charge on any atom is -0.497 e. The van der Waals surface area contributed by atoms with E-state index < -0.39 is 11.9 Å². The zero-order valence-corrected chi connectivity index (χ0v) is 13.3. The Labute approximate surface area is 134 Å². The largest absolute Gasteiger partial charge is 0.497 e. The van der Waals surface area contributed by atoms with Crippen LogP contribution in [0.5, 0.6) is 5.75 Å². The molecule has 2 N–H and O–H groups in total. The molecular weight excluding hydrogens is 296 g/mol. The molecule has 0 unspecified atom stereocenters. The summed E-state index contributed by atoms with van der Waals surface area (Å²) in [6, 6.07) is 9.12. The number of nitrogens with two attached hydrogens (primary N) is 1. The number of rotatable bonds is 4. The number of benzene rings is 1. The summed E-state index contributed by atoms with van der Waals surface area (Å²) < 4.78 is 15.6. The number of carbonyl (C=O) groups excluding carboxylic acids is 1. The maximum atomic E-state index is 12.3. The van der Waals surface area contributed by atoms with Gasteiger partial charge in [0.15, 0.2) is 0 Å². The van der Waals surface area contributed by atoms with E-state index in [0.29, 0.717) is 11.5 Å². The van der Waals surface area contributed by atoms with Gasteiger partial charge in [-0.1, -0.05) is 12.1 Å². The topological polar surface area (TPSA) is 94.6 Å². The monoisotopic (exact) mass is 314 g/mol. The summed E-state index contributed by atoms with van der Waals surface area (Å²) >= 11 is 0. The molecule has 1 aromatic rings. The number of methoxy groups -OCH3 is 1. The van der Waals surface area contributed by atoms with Gasteiger partial charge in [0.1, 0.15) is 23.2 Å². The molecule has 6 heteroatoms. The molecule has 6 nitrogen and oxygen atoms in total. The van der Waals surface area contributed by atoms with Crippen molar-refractivity contribution in [3.8, 4) is 11.8 Å². The van der Waals surface area contributed by atoms with Crippen LogP contribution in [0.4, 0.5) is 0 Å². The van der Waals surface area contributed by atoms with Crippen molar-refractivity contribution in [2.75, 3.05) is 13.7 Å². The van der Waals surface area contributed by atoms with Gasteiger partial charge in [0.2, 0.25) is 5.88 Å². The lowest BCUT2D eigenvalue weighted by Crippen LogP contribution is -2.25.